The Labute approximate surface area is 337 Å². The van der Waals surface area contributed by atoms with Crippen LogP contribution in [0.5, 0.6) is 5.75 Å². The number of carbonyl (C=O) groups is 3. The fourth-order valence-corrected chi connectivity index (χ4v) is 9.28. The maximum Gasteiger partial charge on any atom is 0.328 e. The van der Waals surface area contributed by atoms with Gasteiger partial charge in [0.25, 0.3) is 5.91 Å². The van der Waals surface area contributed by atoms with Gasteiger partial charge in [0.1, 0.15) is 11.9 Å². The number of aromatic hydroxyl groups is 1. The summed E-state index contributed by atoms with van der Waals surface area (Å²) in [5.74, 6) is 0.819. The molecule has 0 aliphatic carbocycles. The van der Waals surface area contributed by atoms with E-state index >= 15 is 0 Å². The highest BCUT2D eigenvalue weighted by atomic mass is 16.5. The Bertz CT molecular complexity index is 2370. The Morgan fingerprint density at radius 1 is 0.914 bits per heavy atom. The van der Waals surface area contributed by atoms with Crippen molar-refractivity contribution in [1.29, 1.82) is 0 Å². The van der Waals surface area contributed by atoms with Gasteiger partial charge in [0.2, 0.25) is 5.91 Å². The molecular weight excluding hydrogens is 735 g/mol. The first-order valence-electron chi connectivity index (χ1n) is 20.3. The number of likely N-dealkylation sites (tertiary alicyclic amines) is 2. The van der Waals surface area contributed by atoms with E-state index < -0.39 is 0 Å². The van der Waals surface area contributed by atoms with Crippen LogP contribution in [0.4, 0.5) is 22.0 Å². The Morgan fingerprint density at radius 2 is 1.76 bits per heavy atom. The van der Waals surface area contributed by atoms with Crippen LogP contribution in [0.1, 0.15) is 59.3 Å². The lowest BCUT2D eigenvalue weighted by atomic mass is 9.95. The molecule has 0 saturated carbocycles. The lowest BCUT2D eigenvalue weighted by molar-refractivity contribution is -0.120. The van der Waals surface area contributed by atoms with Crippen LogP contribution in [0.2, 0.25) is 0 Å². The van der Waals surface area contributed by atoms with E-state index in [9.17, 15) is 19.5 Å². The first kappa shape index (κ1) is 37.6. The third-order valence-corrected chi connectivity index (χ3v) is 12.4. The smallest absolute Gasteiger partial charge is 0.328 e. The Kier molecular flexibility index (Phi) is 10.2. The summed E-state index contributed by atoms with van der Waals surface area (Å²) in [5, 5.41) is 22.3. The van der Waals surface area contributed by atoms with Gasteiger partial charge in [0.15, 0.2) is 5.82 Å². The molecule has 4 N–H and O–H groups in total. The Hall–Kier alpha value is -5.99. The molecule has 2 atom stereocenters. The van der Waals surface area contributed by atoms with E-state index in [0.29, 0.717) is 67.3 Å². The number of hydrogen-bond acceptors (Lipinski definition) is 10. The zero-order valence-corrected chi connectivity index (χ0v) is 32.7. The number of para-hydroxylation sites is 1. The highest BCUT2D eigenvalue weighted by Crippen LogP contribution is 2.36. The number of nitrogens with one attached hydrogen (secondary N) is 1. The normalized spacial score (nSPS) is 20.9. The number of fused-ring (bicyclic) bond motifs is 1. The average Bonchev–Trinajstić information content (AvgIpc) is 3.89. The number of benzene rings is 3. The third-order valence-electron chi connectivity index (χ3n) is 12.4. The molecule has 0 spiro atoms. The topological polar surface area (TPSA) is 162 Å². The number of rotatable bonds is 8. The third kappa shape index (κ3) is 7.33. The highest BCUT2D eigenvalue weighted by molar-refractivity contribution is 6.09. The fraction of sp³-hybridized carbons (Fsp3) is 0.386. The number of nitrogens with zero attached hydrogens (tertiary/aromatic N) is 7. The van der Waals surface area contributed by atoms with Gasteiger partial charge in [-0.2, -0.15) is 0 Å². The summed E-state index contributed by atoms with van der Waals surface area (Å²) in [6.45, 7) is 8.61. The van der Waals surface area contributed by atoms with E-state index in [2.05, 4.69) is 48.2 Å². The minimum Gasteiger partial charge on any atom is -0.507 e. The maximum atomic E-state index is 13.8. The molecule has 3 aromatic carbocycles. The Morgan fingerprint density at radius 3 is 2.57 bits per heavy atom. The molecule has 0 radical (unpaired) electrons. The van der Waals surface area contributed by atoms with Crippen LogP contribution < -0.4 is 20.9 Å². The monoisotopic (exact) mass is 783 g/mol. The van der Waals surface area contributed by atoms with Crippen molar-refractivity contribution >= 4 is 45.9 Å². The molecule has 14 heteroatoms. The number of phenols is 1. The molecule has 4 aliphatic heterocycles. The van der Waals surface area contributed by atoms with E-state index in [-0.39, 0.29) is 29.7 Å². The zero-order valence-electron chi connectivity index (χ0n) is 32.7. The summed E-state index contributed by atoms with van der Waals surface area (Å²) in [6, 6.07) is 23.0. The summed E-state index contributed by atoms with van der Waals surface area (Å²) in [7, 11) is 0. The summed E-state index contributed by atoms with van der Waals surface area (Å²) < 4.78 is 8.60. The van der Waals surface area contributed by atoms with Crippen molar-refractivity contribution in [3.63, 3.8) is 0 Å². The van der Waals surface area contributed by atoms with Gasteiger partial charge < -0.3 is 34.8 Å². The SMILES string of the molecule is Cc1cc(C(=O)N2CCC(CN3CC[C@H](n4ccc5c(N6CCC(=O)NC6=O)cccc54)C3)CC2)ccc1[C@H]1CN(c2cc(-c3ccccc3O)nnc2N)CCO1. The lowest BCUT2D eigenvalue weighted by Gasteiger charge is -2.36. The standard InChI is InChI=1S/C44H49N9O5/c1-28-23-30(9-10-32(28)40-27-51(21-22-58-40)38-24-35(47-48-42(38)45)33-5-2-3-8-39(33)54)43(56)50-17-11-29(12-18-50)25-49-16-13-31(26-49)52-19-14-34-36(52)6-4-7-37(34)53-20-15-41(55)46-44(53)57/h2-10,14,19,23-24,29,31,40,54H,11-13,15-18,20-22,25-27H2,1H3,(H2,45,48)(H,46,55,57)/t31-,40+/m0/s1. The minimum absolute atomic E-state index is 0.0698. The number of hydrogen-bond donors (Lipinski definition) is 3. The average molecular weight is 784 g/mol. The number of aryl methyl sites for hydroxylation is 1. The highest BCUT2D eigenvalue weighted by Gasteiger charge is 2.32. The number of anilines is 3. The summed E-state index contributed by atoms with van der Waals surface area (Å²) in [6.07, 6.45) is 5.22. The molecule has 6 heterocycles. The van der Waals surface area contributed by atoms with Crippen LogP contribution in [-0.2, 0) is 9.53 Å². The van der Waals surface area contributed by atoms with Crippen molar-refractivity contribution in [2.75, 3.05) is 74.5 Å². The zero-order chi connectivity index (χ0) is 39.9. The van der Waals surface area contributed by atoms with E-state index in [1.54, 1.807) is 23.1 Å². The first-order chi connectivity index (χ1) is 28.2. The number of piperidine rings is 1. The number of imide groups is 1. The van der Waals surface area contributed by atoms with Gasteiger partial charge in [0, 0.05) is 87.5 Å². The second kappa shape index (κ2) is 15.7. The predicted molar refractivity (Wildman–Crippen MR) is 222 cm³/mol. The van der Waals surface area contributed by atoms with Crippen LogP contribution >= 0.6 is 0 Å². The van der Waals surface area contributed by atoms with E-state index in [1.165, 1.54) is 0 Å². The number of urea groups is 1. The lowest BCUT2D eigenvalue weighted by Crippen LogP contribution is -2.49. The van der Waals surface area contributed by atoms with Crippen LogP contribution in [0.25, 0.3) is 22.2 Å². The molecule has 5 aromatic rings. The van der Waals surface area contributed by atoms with E-state index in [4.69, 9.17) is 10.5 Å². The number of amides is 4. The molecule has 4 amide bonds. The van der Waals surface area contributed by atoms with Gasteiger partial charge in [0.05, 0.1) is 29.2 Å². The van der Waals surface area contributed by atoms with Crippen molar-refractivity contribution in [2.24, 2.45) is 5.92 Å². The molecule has 0 unspecified atom stereocenters. The number of ether oxygens (including phenoxy) is 1. The quantitative estimate of drug-likeness (QED) is 0.183. The number of carbonyl (C=O) groups excluding carboxylic acids is 3. The maximum absolute atomic E-state index is 13.8. The van der Waals surface area contributed by atoms with Crippen molar-refractivity contribution in [2.45, 2.75) is 44.8 Å². The van der Waals surface area contributed by atoms with Crippen LogP contribution in [0.15, 0.2) is 79.0 Å². The van der Waals surface area contributed by atoms with Crippen LogP contribution in [0.3, 0.4) is 0 Å². The number of nitrogen functional groups attached to an aromatic ring is 1. The first-order valence-corrected chi connectivity index (χ1v) is 20.3. The molecule has 4 fully saturated rings. The summed E-state index contributed by atoms with van der Waals surface area (Å²) in [5.41, 5.74) is 12.9. The second-order valence-electron chi connectivity index (χ2n) is 16.0. The number of aromatic nitrogens is 3. The molecule has 14 nitrogen and oxygen atoms in total. The van der Waals surface area contributed by atoms with Gasteiger partial charge in [-0.25, -0.2) is 4.79 Å². The van der Waals surface area contributed by atoms with Crippen molar-refractivity contribution < 1.29 is 24.2 Å². The molecule has 9 rings (SSSR count). The largest absolute Gasteiger partial charge is 0.507 e. The van der Waals surface area contributed by atoms with Crippen molar-refractivity contribution in [1.82, 2.24) is 29.9 Å². The number of morpholine rings is 1. The molecule has 4 aliphatic rings. The summed E-state index contributed by atoms with van der Waals surface area (Å²) in [4.78, 5) is 46.5. The fourth-order valence-electron chi connectivity index (χ4n) is 9.28. The molecule has 300 valence electrons. The Balaban J connectivity index is 0.788. The van der Waals surface area contributed by atoms with Crippen molar-refractivity contribution in [3.05, 3.63) is 95.7 Å². The van der Waals surface area contributed by atoms with Gasteiger partial charge in [-0.05, 0) is 91.8 Å². The second-order valence-corrected chi connectivity index (χ2v) is 16.0. The van der Waals surface area contributed by atoms with Crippen LogP contribution in [0, 0.1) is 12.8 Å². The minimum atomic E-state index is -0.365. The van der Waals surface area contributed by atoms with Crippen molar-refractivity contribution in [3.8, 4) is 17.0 Å². The van der Waals surface area contributed by atoms with Gasteiger partial charge >= 0.3 is 6.03 Å². The predicted octanol–water partition coefficient (Wildman–Crippen LogP) is 5.52. The van der Waals surface area contributed by atoms with Crippen LogP contribution in [-0.4, -0.2) is 106 Å². The molecular formula is C44H49N9O5. The van der Waals surface area contributed by atoms with E-state index in [1.807, 2.05) is 54.3 Å². The number of nitrogens with two attached hydrogens (primary N) is 1. The molecule has 0 bridgehead atoms. The van der Waals surface area contributed by atoms with E-state index in [0.717, 1.165) is 85.4 Å². The molecule has 2 aromatic heterocycles. The van der Waals surface area contributed by atoms with Gasteiger partial charge in [-0.15, -0.1) is 10.2 Å². The molecule has 58 heavy (non-hydrogen) atoms. The summed E-state index contributed by atoms with van der Waals surface area (Å²) >= 11 is 0. The number of phenolic OH excluding ortho intramolecular Hbond substituents is 1. The van der Waals surface area contributed by atoms with Gasteiger partial charge in [-0.1, -0.05) is 24.3 Å². The molecule has 4 saturated heterocycles. The van der Waals surface area contributed by atoms with Gasteiger partial charge in [-0.3, -0.25) is 19.8 Å².